The SMILES string of the molecule is NC(=O)OCCN1CCNC(=O)C1. The zero-order valence-electron chi connectivity index (χ0n) is 7.28. The van der Waals surface area contributed by atoms with Crippen molar-refractivity contribution in [2.45, 2.75) is 0 Å². The number of carbonyl (C=O) groups excluding carboxylic acids is 2. The Morgan fingerprint density at radius 2 is 2.46 bits per heavy atom. The van der Waals surface area contributed by atoms with Crippen LogP contribution in [0.4, 0.5) is 4.79 Å². The van der Waals surface area contributed by atoms with Crippen LogP contribution in [0.25, 0.3) is 0 Å². The summed E-state index contributed by atoms with van der Waals surface area (Å²) in [5.41, 5.74) is 4.78. The number of hydrogen-bond donors (Lipinski definition) is 2. The summed E-state index contributed by atoms with van der Waals surface area (Å²) in [6, 6.07) is 0. The van der Waals surface area contributed by atoms with Gasteiger partial charge in [0.25, 0.3) is 0 Å². The highest BCUT2D eigenvalue weighted by atomic mass is 16.5. The van der Waals surface area contributed by atoms with Gasteiger partial charge < -0.3 is 15.8 Å². The van der Waals surface area contributed by atoms with Gasteiger partial charge in [0.1, 0.15) is 6.61 Å². The van der Waals surface area contributed by atoms with Crippen LogP contribution in [0.15, 0.2) is 0 Å². The van der Waals surface area contributed by atoms with Gasteiger partial charge in [0.15, 0.2) is 0 Å². The summed E-state index contributed by atoms with van der Waals surface area (Å²) in [5.74, 6) is 0.00493. The van der Waals surface area contributed by atoms with Gasteiger partial charge in [-0.3, -0.25) is 9.69 Å². The van der Waals surface area contributed by atoms with Crippen molar-refractivity contribution in [1.82, 2.24) is 10.2 Å². The first-order valence-corrected chi connectivity index (χ1v) is 4.10. The van der Waals surface area contributed by atoms with Crippen molar-refractivity contribution in [3.05, 3.63) is 0 Å². The number of nitrogens with two attached hydrogens (primary N) is 1. The number of rotatable bonds is 3. The lowest BCUT2D eigenvalue weighted by Crippen LogP contribution is -2.48. The third-order valence-corrected chi connectivity index (χ3v) is 1.77. The molecule has 0 aromatic carbocycles. The first-order chi connectivity index (χ1) is 6.18. The molecule has 1 heterocycles. The number of amides is 2. The van der Waals surface area contributed by atoms with Crippen molar-refractivity contribution in [1.29, 1.82) is 0 Å². The molecule has 2 amide bonds. The molecule has 6 heteroatoms. The minimum atomic E-state index is -0.776. The first-order valence-electron chi connectivity index (χ1n) is 4.10. The van der Waals surface area contributed by atoms with E-state index in [1.165, 1.54) is 0 Å². The molecule has 1 saturated heterocycles. The number of carbonyl (C=O) groups is 2. The average Bonchev–Trinajstić information content (AvgIpc) is 2.03. The molecule has 0 aliphatic carbocycles. The molecule has 6 nitrogen and oxygen atoms in total. The average molecular weight is 187 g/mol. The van der Waals surface area contributed by atoms with Crippen molar-refractivity contribution in [3.8, 4) is 0 Å². The number of primary amides is 1. The second-order valence-corrected chi connectivity index (χ2v) is 2.79. The van der Waals surface area contributed by atoms with Gasteiger partial charge in [-0.05, 0) is 0 Å². The van der Waals surface area contributed by atoms with E-state index in [9.17, 15) is 9.59 Å². The molecule has 1 aliphatic heterocycles. The summed E-state index contributed by atoms with van der Waals surface area (Å²) >= 11 is 0. The van der Waals surface area contributed by atoms with E-state index in [0.717, 1.165) is 6.54 Å². The predicted molar refractivity (Wildman–Crippen MR) is 45.0 cm³/mol. The second-order valence-electron chi connectivity index (χ2n) is 2.79. The Morgan fingerprint density at radius 3 is 3.08 bits per heavy atom. The molecule has 3 N–H and O–H groups in total. The molecule has 0 atom stereocenters. The summed E-state index contributed by atoms with van der Waals surface area (Å²) in [5, 5.41) is 2.70. The van der Waals surface area contributed by atoms with Crippen LogP contribution >= 0.6 is 0 Å². The fourth-order valence-corrected chi connectivity index (χ4v) is 1.16. The Bertz CT molecular complexity index is 207. The van der Waals surface area contributed by atoms with Crippen LogP contribution < -0.4 is 11.1 Å². The summed E-state index contributed by atoms with van der Waals surface area (Å²) in [7, 11) is 0. The van der Waals surface area contributed by atoms with Crippen LogP contribution in [0, 0.1) is 0 Å². The summed E-state index contributed by atoms with van der Waals surface area (Å²) < 4.78 is 4.55. The molecule has 0 spiro atoms. The minimum Gasteiger partial charge on any atom is -0.448 e. The van der Waals surface area contributed by atoms with Crippen LogP contribution in [-0.4, -0.2) is 49.7 Å². The number of nitrogens with one attached hydrogen (secondary N) is 1. The first kappa shape index (κ1) is 9.79. The Morgan fingerprint density at radius 1 is 1.69 bits per heavy atom. The molecular formula is C7H13N3O3. The van der Waals surface area contributed by atoms with E-state index in [2.05, 4.69) is 10.1 Å². The quantitative estimate of drug-likeness (QED) is 0.564. The van der Waals surface area contributed by atoms with Gasteiger partial charge in [-0.1, -0.05) is 0 Å². The van der Waals surface area contributed by atoms with Gasteiger partial charge in [-0.2, -0.15) is 0 Å². The van der Waals surface area contributed by atoms with Gasteiger partial charge in [0.2, 0.25) is 5.91 Å². The van der Waals surface area contributed by atoms with Crippen molar-refractivity contribution in [2.75, 3.05) is 32.8 Å². The van der Waals surface area contributed by atoms with Gasteiger partial charge in [-0.15, -0.1) is 0 Å². The molecule has 1 rings (SSSR count). The van der Waals surface area contributed by atoms with Crippen LogP contribution in [-0.2, 0) is 9.53 Å². The normalized spacial score (nSPS) is 18.0. The molecule has 0 unspecified atom stereocenters. The Balaban J connectivity index is 2.13. The fourth-order valence-electron chi connectivity index (χ4n) is 1.16. The molecule has 13 heavy (non-hydrogen) atoms. The Hall–Kier alpha value is -1.30. The monoisotopic (exact) mass is 187 g/mol. The largest absolute Gasteiger partial charge is 0.448 e. The standard InChI is InChI=1S/C7H13N3O3/c8-7(12)13-4-3-10-2-1-9-6(11)5-10/h1-5H2,(H2,8,12)(H,9,11). The number of ether oxygens (including phenoxy) is 1. The second kappa shape index (κ2) is 4.66. The van der Waals surface area contributed by atoms with E-state index < -0.39 is 6.09 Å². The van der Waals surface area contributed by atoms with Gasteiger partial charge in [0.05, 0.1) is 6.54 Å². The maximum atomic E-state index is 10.9. The van der Waals surface area contributed by atoms with Gasteiger partial charge in [-0.25, -0.2) is 4.79 Å². The van der Waals surface area contributed by atoms with Crippen molar-refractivity contribution < 1.29 is 14.3 Å². The highest BCUT2D eigenvalue weighted by molar-refractivity contribution is 5.78. The highest BCUT2D eigenvalue weighted by Gasteiger charge is 2.15. The fraction of sp³-hybridized carbons (Fsp3) is 0.714. The summed E-state index contributed by atoms with van der Waals surface area (Å²) in [4.78, 5) is 23.0. The van der Waals surface area contributed by atoms with Crippen molar-refractivity contribution in [2.24, 2.45) is 5.73 Å². The van der Waals surface area contributed by atoms with Gasteiger partial charge in [0, 0.05) is 19.6 Å². The molecule has 0 aromatic rings. The van der Waals surface area contributed by atoms with E-state index in [0.29, 0.717) is 19.6 Å². The molecule has 0 saturated carbocycles. The lowest BCUT2D eigenvalue weighted by molar-refractivity contribution is -0.124. The predicted octanol–water partition coefficient (Wildman–Crippen LogP) is -1.49. The zero-order valence-corrected chi connectivity index (χ0v) is 7.28. The van der Waals surface area contributed by atoms with E-state index in [-0.39, 0.29) is 12.5 Å². The maximum Gasteiger partial charge on any atom is 0.404 e. The number of piperazine rings is 1. The molecule has 1 aliphatic rings. The molecule has 0 aromatic heterocycles. The third kappa shape index (κ3) is 3.75. The van der Waals surface area contributed by atoms with Crippen molar-refractivity contribution in [3.63, 3.8) is 0 Å². The van der Waals surface area contributed by atoms with Crippen LogP contribution in [0.2, 0.25) is 0 Å². The van der Waals surface area contributed by atoms with Gasteiger partial charge >= 0.3 is 6.09 Å². The smallest absolute Gasteiger partial charge is 0.404 e. The lowest BCUT2D eigenvalue weighted by Gasteiger charge is -2.25. The molecular weight excluding hydrogens is 174 g/mol. The zero-order chi connectivity index (χ0) is 9.68. The Kier molecular flexibility index (Phi) is 3.51. The minimum absolute atomic E-state index is 0.00493. The van der Waals surface area contributed by atoms with E-state index in [4.69, 9.17) is 5.73 Å². The topological polar surface area (TPSA) is 84.7 Å². The number of hydrogen-bond acceptors (Lipinski definition) is 4. The molecule has 0 radical (unpaired) electrons. The van der Waals surface area contributed by atoms with Crippen molar-refractivity contribution >= 4 is 12.0 Å². The third-order valence-electron chi connectivity index (χ3n) is 1.77. The van der Waals surface area contributed by atoms with E-state index >= 15 is 0 Å². The molecule has 1 fully saturated rings. The molecule has 74 valence electrons. The molecule has 0 bridgehead atoms. The summed E-state index contributed by atoms with van der Waals surface area (Å²) in [6.45, 7) is 2.59. The summed E-state index contributed by atoms with van der Waals surface area (Å²) in [6.07, 6.45) is -0.776. The van der Waals surface area contributed by atoms with E-state index in [1.807, 2.05) is 4.90 Å². The van der Waals surface area contributed by atoms with Crippen LogP contribution in [0.3, 0.4) is 0 Å². The Labute approximate surface area is 76.0 Å². The lowest BCUT2D eigenvalue weighted by atomic mass is 10.3. The van der Waals surface area contributed by atoms with Crippen LogP contribution in [0.5, 0.6) is 0 Å². The van der Waals surface area contributed by atoms with Crippen LogP contribution in [0.1, 0.15) is 0 Å². The maximum absolute atomic E-state index is 10.9. The number of nitrogens with zero attached hydrogens (tertiary/aromatic N) is 1. The highest BCUT2D eigenvalue weighted by Crippen LogP contribution is 1.92. The van der Waals surface area contributed by atoms with E-state index in [1.54, 1.807) is 0 Å².